The summed E-state index contributed by atoms with van der Waals surface area (Å²) >= 11 is 0. The van der Waals surface area contributed by atoms with Crippen molar-refractivity contribution in [2.24, 2.45) is 23.7 Å². The first kappa shape index (κ1) is 13.5. The minimum absolute atomic E-state index is 0.0129. The molecule has 2 bridgehead atoms. The highest BCUT2D eigenvalue weighted by Crippen LogP contribution is 2.56. The average Bonchev–Trinajstić information content (AvgIpc) is 3.13. The molecular formula is C19H19NO2. The summed E-state index contributed by atoms with van der Waals surface area (Å²) in [6.45, 7) is 5.79. The van der Waals surface area contributed by atoms with Gasteiger partial charge < -0.3 is 0 Å². The summed E-state index contributed by atoms with van der Waals surface area (Å²) in [6, 6.07) is 7.62. The average molecular weight is 293 g/mol. The number of anilines is 1. The molecule has 2 amide bonds. The van der Waals surface area contributed by atoms with Crippen molar-refractivity contribution in [1.82, 2.24) is 0 Å². The molecule has 22 heavy (non-hydrogen) atoms. The molecule has 4 atom stereocenters. The van der Waals surface area contributed by atoms with Crippen LogP contribution in [0.5, 0.6) is 0 Å². The monoisotopic (exact) mass is 293 g/mol. The van der Waals surface area contributed by atoms with Gasteiger partial charge in [-0.2, -0.15) is 0 Å². The molecule has 3 nitrogen and oxygen atoms in total. The van der Waals surface area contributed by atoms with Crippen molar-refractivity contribution in [1.29, 1.82) is 0 Å². The third-order valence-electron chi connectivity index (χ3n) is 5.40. The molecule has 3 heteroatoms. The lowest BCUT2D eigenvalue weighted by molar-refractivity contribution is -0.123. The van der Waals surface area contributed by atoms with Crippen LogP contribution in [0.15, 0.2) is 48.6 Å². The fourth-order valence-corrected chi connectivity index (χ4v) is 4.46. The van der Waals surface area contributed by atoms with E-state index in [-0.39, 0.29) is 35.5 Å². The molecule has 1 aliphatic heterocycles. The molecule has 0 N–H and O–H groups in total. The van der Waals surface area contributed by atoms with Gasteiger partial charge in [0.05, 0.1) is 17.5 Å². The summed E-state index contributed by atoms with van der Waals surface area (Å²) in [7, 11) is 0. The van der Waals surface area contributed by atoms with Crippen molar-refractivity contribution in [2.75, 3.05) is 4.90 Å². The highest BCUT2D eigenvalue weighted by molar-refractivity contribution is 6.22. The lowest BCUT2D eigenvalue weighted by Crippen LogP contribution is -2.32. The van der Waals surface area contributed by atoms with E-state index in [0.717, 1.165) is 18.4 Å². The molecule has 1 aromatic rings. The smallest absolute Gasteiger partial charge is 0.238 e. The van der Waals surface area contributed by atoms with Crippen LogP contribution >= 0.6 is 0 Å². The lowest BCUT2D eigenvalue weighted by atomic mass is 9.80. The Balaban J connectivity index is 1.69. The van der Waals surface area contributed by atoms with Gasteiger partial charge in [0.15, 0.2) is 0 Å². The SMILES string of the molecule is C=CCC1=CC2CC1C1C(=O)N(c3ccc(C)cc3)C(=O)C21. The standard InChI is InChI=1S/C19H19NO2/c1-3-4-12-9-13-10-15(12)17-16(13)18(21)20(19(17)22)14-7-5-11(2)6-8-14/h3,5-9,13,15-17H,1,4,10H2,2H3. The maximum absolute atomic E-state index is 12.9. The fourth-order valence-electron chi connectivity index (χ4n) is 4.46. The quantitative estimate of drug-likeness (QED) is 0.633. The third-order valence-corrected chi connectivity index (χ3v) is 5.40. The summed E-state index contributed by atoms with van der Waals surface area (Å²) in [5, 5.41) is 0. The molecule has 0 radical (unpaired) electrons. The molecular weight excluding hydrogens is 274 g/mol. The van der Waals surface area contributed by atoms with Gasteiger partial charge in [-0.05, 0) is 43.7 Å². The van der Waals surface area contributed by atoms with Gasteiger partial charge in [-0.3, -0.25) is 14.5 Å². The highest BCUT2D eigenvalue weighted by Gasteiger charge is 2.61. The molecule has 112 valence electrons. The van der Waals surface area contributed by atoms with E-state index in [9.17, 15) is 9.59 Å². The van der Waals surface area contributed by atoms with Crippen LogP contribution < -0.4 is 4.90 Å². The summed E-state index contributed by atoms with van der Waals surface area (Å²) in [6.07, 6.45) is 5.89. The molecule has 2 fully saturated rings. The number of carbonyl (C=O) groups excluding carboxylic acids is 2. The molecule has 4 unspecified atom stereocenters. The molecule has 2 aliphatic carbocycles. The van der Waals surface area contributed by atoms with Crippen molar-refractivity contribution in [2.45, 2.75) is 19.8 Å². The van der Waals surface area contributed by atoms with Gasteiger partial charge >= 0.3 is 0 Å². The molecule has 1 saturated carbocycles. The van der Waals surface area contributed by atoms with E-state index in [2.05, 4.69) is 12.7 Å². The van der Waals surface area contributed by atoms with Gasteiger partial charge in [0.2, 0.25) is 11.8 Å². The van der Waals surface area contributed by atoms with Crippen LogP contribution in [0.3, 0.4) is 0 Å². The number of hydrogen-bond donors (Lipinski definition) is 0. The predicted octanol–water partition coefficient (Wildman–Crippen LogP) is 3.25. The van der Waals surface area contributed by atoms with Gasteiger partial charge in [0, 0.05) is 0 Å². The second kappa shape index (κ2) is 4.67. The number of hydrogen-bond acceptors (Lipinski definition) is 2. The van der Waals surface area contributed by atoms with Crippen LogP contribution in [0.4, 0.5) is 5.69 Å². The first-order chi connectivity index (χ1) is 10.6. The third kappa shape index (κ3) is 1.68. The van der Waals surface area contributed by atoms with Crippen LogP contribution in [0.25, 0.3) is 0 Å². The zero-order valence-corrected chi connectivity index (χ0v) is 12.7. The zero-order chi connectivity index (χ0) is 15.4. The van der Waals surface area contributed by atoms with E-state index in [4.69, 9.17) is 0 Å². The van der Waals surface area contributed by atoms with Crippen molar-refractivity contribution in [3.05, 3.63) is 54.1 Å². The number of allylic oxidation sites excluding steroid dienone is 3. The fraction of sp³-hybridized carbons (Fsp3) is 0.368. The second-order valence-electron chi connectivity index (χ2n) is 6.64. The topological polar surface area (TPSA) is 37.4 Å². The van der Waals surface area contributed by atoms with Crippen LogP contribution in [-0.4, -0.2) is 11.8 Å². The lowest BCUT2D eigenvalue weighted by Gasteiger charge is -2.21. The maximum Gasteiger partial charge on any atom is 0.238 e. The maximum atomic E-state index is 12.9. The number of fused-ring (bicyclic) bond motifs is 5. The van der Waals surface area contributed by atoms with E-state index in [1.54, 1.807) is 0 Å². The van der Waals surface area contributed by atoms with Crippen molar-refractivity contribution < 1.29 is 9.59 Å². The van der Waals surface area contributed by atoms with Crippen LogP contribution in [-0.2, 0) is 9.59 Å². The Labute approximate surface area is 130 Å². The second-order valence-corrected chi connectivity index (χ2v) is 6.64. The van der Waals surface area contributed by atoms with Crippen molar-refractivity contribution in [3.63, 3.8) is 0 Å². The van der Waals surface area contributed by atoms with Crippen molar-refractivity contribution in [3.8, 4) is 0 Å². The number of carbonyl (C=O) groups is 2. The minimum Gasteiger partial charge on any atom is -0.274 e. The van der Waals surface area contributed by atoms with Crippen LogP contribution in [0.2, 0.25) is 0 Å². The molecule has 4 rings (SSSR count). The molecule has 3 aliphatic rings. The number of benzene rings is 1. The zero-order valence-electron chi connectivity index (χ0n) is 12.7. The van der Waals surface area contributed by atoms with Gasteiger partial charge in [0.1, 0.15) is 0 Å². The van der Waals surface area contributed by atoms with Crippen LogP contribution in [0, 0.1) is 30.6 Å². The molecule has 0 aromatic heterocycles. The molecule has 1 aromatic carbocycles. The van der Waals surface area contributed by atoms with E-state index >= 15 is 0 Å². The molecule has 1 heterocycles. The number of aryl methyl sites for hydroxylation is 1. The van der Waals surface area contributed by atoms with E-state index in [1.165, 1.54) is 10.5 Å². The molecule has 1 saturated heterocycles. The van der Waals surface area contributed by atoms with Crippen LogP contribution in [0.1, 0.15) is 18.4 Å². The highest BCUT2D eigenvalue weighted by atomic mass is 16.2. The van der Waals surface area contributed by atoms with Gasteiger partial charge in [-0.1, -0.05) is 35.4 Å². The van der Waals surface area contributed by atoms with E-state index in [1.807, 2.05) is 37.3 Å². The Morgan fingerprint density at radius 1 is 1.18 bits per heavy atom. The summed E-state index contributed by atoms with van der Waals surface area (Å²) in [5.74, 6) is 0.143. The normalized spacial score (nSPS) is 32.4. The Hall–Kier alpha value is -2.16. The van der Waals surface area contributed by atoms with E-state index < -0.39 is 0 Å². The summed E-state index contributed by atoms with van der Waals surface area (Å²) in [5.41, 5.74) is 3.13. The Bertz CT molecular complexity index is 701. The first-order valence-corrected chi connectivity index (χ1v) is 7.88. The van der Waals surface area contributed by atoms with E-state index in [0.29, 0.717) is 5.69 Å². The van der Waals surface area contributed by atoms with Crippen molar-refractivity contribution >= 4 is 17.5 Å². The minimum atomic E-state index is -0.154. The number of imide groups is 1. The summed E-state index contributed by atoms with van der Waals surface area (Å²) in [4.78, 5) is 27.1. The van der Waals surface area contributed by atoms with Gasteiger partial charge in [-0.25, -0.2) is 0 Å². The number of rotatable bonds is 3. The van der Waals surface area contributed by atoms with Gasteiger partial charge in [0.25, 0.3) is 0 Å². The Morgan fingerprint density at radius 2 is 1.86 bits per heavy atom. The number of amides is 2. The predicted molar refractivity (Wildman–Crippen MR) is 85.1 cm³/mol. The molecule has 0 spiro atoms. The summed E-state index contributed by atoms with van der Waals surface area (Å²) < 4.78 is 0. The first-order valence-electron chi connectivity index (χ1n) is 7.88. The number of nitrogens with zero attached hydrogens (tertiary/aromatic N) is 1. The Kier molecular flexibility index (Phi) is 2.86. The van der Waals surface area contributed by atoms with Gasteiger partial charge in [-0.15, -0.1) is 6.58 Å². The Morgan fingerprint density at radius 3 is 2.55 bits per heavy atom. The largest absolute Gasteiger partial charge is 0.274 e.